The van der Waals surface area contributed by atoms with E-state index in [2.05, 4.69) is 14.8 Å². The van der Waals surface area contributed by atoms with E-state index in [1.807, 2.05) is 0 Å². The van der Waals surface area contributed by atoms with Gasteiger partial charge >= 0.3 is 17.9 Å². The summed E-state index contributed by atoms with van der Waals surface area (Å²) in [5.74, 6) is -6.62. The molecule has 2 N–H and O–H groups in total. The lowest BCUT2D eigenvalue weighted by Crippen LogP contribution is -2.51. The minimum atomic E-state index is -1.51. The molecular weight excluding hydrogens is 326 g/mol. The van der Waals surface area contributed by atoms with Crippen LogP contribution in [-0.2, 0) is 38.1 Å². The lowest BCUT2D eigenvalue weighted by molar-refractivity contribution is -0.163. The van der Waals surface area contributed by atoms with E-state index in [0.717, 1.165) is 14.2 Å². The Bertz CT molecular complexity index is 436. The molecule has 0 aromatic carbocycles. The van der Waals surface area contributed by atoms with Crippen molar-refractivity contribution in [3.05, 3.63) is 0 Å². The van der Waals surface area contributed by atoms with Gasteiger partial charge in [0.2, 0.25) is 5.91 Å². The molecule has 0 bridgehead atoms. The Morgan fingerprint density at radius 2 is 1.54 bits per heavy atom. The van der Waals surface area contributed by atoms with Gasteiger partial charge in [0.25, 0.3) is 0 Å². The topological polar surface area (TPSA) is 137 Å². The van der Waals surface area contributed by atoms with Crippen LogP contribution in [0.15, 0.2) is 0 Å². The van der Waals surface area contributed by atoms with Gasteiger partial charge in [-0.15, -0.1) is 0 Å². The van der Waals surface area contributed by atoms with E-state index in [4.69, 9.17) is 9.47 Å². The SMILES string of the molecule is COCCOCC(=O)N[C@@H](C(=O)O)[C@@H](C)C(C(=O)OC)C(=O)OC. The fraction of sp³-hybridized carbons (Fsp3) is 0.714. The highest BCUT2D eigenvalue weighted by molar-refractivity contribution is 5.96. The fourth-order valence-corrected chi connectivity index (χ4v) is 1.91. The van der Waals surface area contributed by atoms with Gasteiger partial charge in [0, 0.05) is 13.0 Å². The number of carboxylic acid groups (broad SMARTS) is 1. The molecule has 0 aliphatic rings. The molecule has 0 rings (SSSR count). The number of methoxy groups -OCH3 is 3. The molecular formula is C14H23NO9. The van der Waals surface area contributed by atoms with Gasteiger partial charge in [0.15, 0.2) is 5.92 Å². The summed E-state index contributed by atoms with van der Waals surface area (Å²) in [5.41, 5.74) is 0. The first kappa shape index (κ1) is 21.8. The summed E-state index contributed by atoms with van der Waals surface area (Å²) in [6, 6.07) is -1.51. The van der Waals surface area contributed by atoms with Crippen molar-refractivity contribution in [1.82, 2.24) is 5.32 Å². The summed E-state index contributed by atoms with van der Waals surface area (Å²) in [7, 11) is 3.58. The maximum absolute atomic E-state index is 11.8. The fourth-order valence-electron chi connectivity index (χ4n) is 1.91. The third kappa shape index (κ3) is 6.92. The number of rotatable bonds is 11. The molecule has 0 aromatic heterocycles. The Morgan fingerprint density at radius 1 is 1.00 bits per heavy atom. The van der Waals surface area contributed by atoms with Crippen molar-refractivity contribution in [1.29, 1.82) is 0 Å². The number of aliphatic carboxylic acids is 1. The molecule has 0 aliphatic carbocycles. The molecule has 0 saturated carbocycles. The number of nitrogens with one attached hydrogen (secondary N) is 1. The summed E-state index contributed by atoms with van der Waals surface area (Å²) in [6.45, 7) is 1.37. The minimum Gasteiger partial charge on any atom is -0.480 e. The molecule has 24 heavy (non-hydrogen) atoms. The zero-order valence-corrected chi connectivity index (χ0v) is 14.1. The van der Waals surface area contributed by atoms with Gasteiger partial charge < -0.3 is 29.4 Å². The van der Waals surface area contributed by atoms with Crippen LogP contribution in [0, 0.1) is 11.8 Å². The van der Waals surface area contributed by atoms with Crippen molar-refractivity contribution >= 4 is 23.8 Å². The van der Waals surface area contributed by atoms with Gasteiger partial charge in [-0.2, -0.15) is 0 Å². The molecule has 0 radical (unpaired) electrons. The largest absolute Gasteiger partial charge is 0.480 e. The Morgan fingerprint density at radius 3 is 1.96 bits per heavy atom. The van der Waals surface area contributed by atoms with E-state index in [9.17, 15) is 24.3 Å². The predicted octanol–water partition coefficient (Wildman–Crippen LogP) is -1.18. The highest BCUT2D eigenvalue weighted by Gasteiger charge is 2.41. The van der Waals surface area contributed by atoms with Crippen molar-refractivity contribution in [2.75, 3.05) is 41.2 Å². The number of carboxylic acids is 1. The zero-order valence-electron chi connectivity index (χ0n) is 14.1. The van der Waals surface area contributed by atoms with Gasteiger partial charge in [-0.1, -0.05) is 6.92 Å². The van der Waals surface area contributed by atoms with E-state index in [-0.39, 0.29) is 19.8 Å². The van der Waals surface area contributed by atoms with Crippen LogP contribution in [0.4, 0.5) is 0 Å². The second kappa shape index (κ2) is 11.4. The highest BCUT2D eigenvalue weighted by Crippen LogP contribution is 2.19. The maximum atomic E-state index is 11.8. The number of hydrogen-bond donors (Lipinski definition) is 2. The summed E-state index contributed by atoms with van der Waals surface area (Å²) in [6.07, 6.45) is 0. The van der Waals surface area contributed by atoms with Crippen LogP contribution in [0.3, 0.4) is 0 Å². The predicted molar refractivity (Wildman–Crippen MR) is 78.9 cm³/mol. The first-order valence-electron chi connectivity index (χ1n) is 7.04. The molecule has 0 spiro atoms. The van der Waals surface area contributed by atoms with Crippen molar-refractivity contribution in [2.45, 2.75) is 13.0 Å². The number of esters is 2. The second-order valence-corrected chi connectivity index (χ2v) is 4.81. The molecule has 10 heteroatoms. The van der Waals surface area contributed by atoms with Crippen LogP contribution in [0.5, 0.6) is 0 Å². The van der Waals surface area contributed by atoms with Gasteiger partial charge in [-0.05, 0) is 0 Å². The quantitative estimate of drug-likeness (QED) is 0.268. The van der Waals surface area contributed by atoms with Crippen LogP contribution in [0.25, 0.3) is 0 Å². The van der Waals surface area contributed by atoms with Gasteiger partial charge in [-0.3, -0.25) is 14.4 Å². The lowest BCUT2D eigenvalue weighted by atomic mass is 9.87. The number of ether oxygens (including phenoxy) is 4. The number of carbonyl (C=O) groups excluding carboxylic acids is 3. The summed E-state index contributed by atoms with van der Waals surface area (Å²) >= 11 is 0. The van der Waals surface area contributed by atoms with Gasteiger partial charge in [0.1, 0.15) is 12.6 Å². The normalized spacial score (nSPS) is 13.0. The van der Waals surface area contributed by atoms with E-state index in [1.165, 1.54) is 14.0 Å². The zero-order chi connectivity index (χ0) is 18.7. The van der Waals surface area contributed by atoms with Crippen LogP contribution in [-0.4, -0.2) is 76.1 Å². The standard InChI is InChI=1S/C14H23NO9/c1-8(10(13(19)22-3)14(20)23-4)11(12(17)18)15-9(16)7-24-6-5-21-2/h8,10-11H,5-7H2,1-4H3,(H,15,16)(H,17,18)/t8-,11+/m0/s1. The van der Waals surface area contributed by atoms with Gasteiger partial charge in [-0.25, -0.2) is 4.79 Å². The Balaban J connectivity index is 5.00. The third-order valence-corrected chi connectivity index (χ3v) is 3.21. The van der Waals surface area contributed by atoms with Crippen molar-refractivity contribution in [3.8, 4) is 0 Å². The molecule has 10 nitrogen and oxygen atoms in total. The average molecular weight is 349 g/mol. The van der Waals surface area contributed by atoms with Crippen LogP contribution in [0.2, 0.25) is 0 Å². The highest BCUT2D eigenvalue weighted by atomic mass is 16.5. The Kier molecular flexibility index (Phi) is 10.3. The van der Waals surface area contributed by atoms with E-state index >= 15 is 0 Å². The number of carbonyl (C=O) groups is 4. The summed E-state index contributed by atoms with van der Waals surface area (Å²) < 4.78 is 18.7. The lowest BCUT2D eigenvalue weighted by Gasteiger charge is -2.25. The third-order valence-electron chi connectivity index (χ3n) is 3.21. The van der Waals surface area contributed by atoms with Crippen molar-refractivity contribution in [3.63, 3.8) is 0 Å². The van der Waals surface area contributed by atoms with Crippen molar-refractivity contribution < 1.29 is 43.2 Å². The van der Waals surface area contributed by atoms with Crippen LogP contribution >= 0.6 is 0 Å². The molecule has 1 amide bonds. The summed E-state index contributed by atoms with van der Waals surface area (Å²) in [5, 5.41) is 11.5. The van der Waals surface area contributed by atoms with Crippen LogP contribution < -0.4 is 5.32 Å². The molecule has 0 aliphatic heterocycles. The summed E-state index contributed by atoms with van der Waals surface area (Å²) in [4.78, 5) is 46.6. The first-order chi connectivity index (χ1) is 11.3. The number of hydrogen-bond acceptors (Lipinski definition) is 8. The molecule has 0 fully saturated rings. The molecule has 0 heterocycles. The second-order valence-electron chi connectivity index (χ2n) is 4.81. The number of amides is 1. The molecule has 138 valence electrons. The molecule has 0 saturated heterocycles. The van der Waals surface area contributed by atoms with Crippen molar-refractivity contribution in [2.24, 2.45) is 11.8 Å². The molecule has 2 atom stereocenters. The van der Waals surface area contributed by atoms with E-state index in [0.29, 0.717) is 0 Å². The first-order valence-corrected chi connectivity index (χ1v) is 7.04. The monoisotopic (exact) mass is 349 g/mol. The van der Waals surface area contributed by atoms with Crippen LogP contribution in [0.1, 0.15) is 6.92 Å². The Hall–Kier alpha value is -2.20. The molecule has 0 unspecified atom stereocenters. The average Bonchev–Trinajstić information content (AvgIpc) is 2.55. The smallest absolute Gasteiger partial charge is 0.326 e. The maximum Gasteiger partial charge on any atom is 0.326 e. The minimum absolute atomic E-state index is 0.157. The molecule has 0 aromatic rings. The van der Waals surface area contributed by atoms with E-state index in [1.54, 1.807) is 0 Å². The van der Waals surface area contributed by atoms with E-state index < -0.39 is 41.7 Å². The Labute approximate surface area is 139 Å². The van der Waals surface area contributed by atoms with Gasteiger partial charge in [0.05, 0.1) is 27.4 Å².